The van der Waals surface area contributed by atoms with Gasteiger partial charge in [-0.05, 0) is 26.0 Å². The molecule has 26 heavy (non-hydrogen) atoms. The molecule has 9 heteroatoms. The van der Waals surface area contributed by atoms with Crippen molar-refractivity contribution < 1.29 is 9.72 Å². The van der Waals surface area contributed by atoms with E-state index in [1.165, 1.54) is 23.0 Å². The molecule has 0 fully saturated rings. The average Bonchev–Trinajstić information content (AvgIpc) is 3.23. The fraction of sp³-hybridized carbons (Fsp3) is 0.235. The van der Waals surface area contributed by atoms with Crippen LogP contribution in [0, 0.1) is 17.0 Å². The maximum atomic E-state index is 12.5. The second-order valence-electron chi connectivity index (χ2n) is 5.95. The molecule has 134 valence electrons. The number of hydrogen-bond acceptors (Lipinski definition) is 5. The number of carbonyl (C=O) groups excluding carboxylic acids is 1. The molecule has 9 nitrogen and oxygen atoms in total. The minimum Gasteiger partial charge on any atom is -0.345 e. The first-order valence-electron chi connectivity index (χ1n) is 7.95. The number of carbonyl (C=O) groups is 1. The third-order valence-corrected chi connectivity index (χ3v) is 4.26. The van der Waals surface area contributed by atoms with Crippen molar-refractivity contribution >= 4 is 11.6 Å². The first-order valence-corrected chi connectivity index (χ1v) is 7.95. The minimum atomic E-state index is -0.465. The number of rotatable bonds is 5. The van der Waals surface area contributed by atoms with Crippen LogP contribution in [0.15, 0.2) is 42.9 Å². The third kappa shape index (κ3) is 3.32. The smallest absolute Gasteiger partial charge is 0.269 e. The Hall–Kier alpha value is -3.49. The van der Waals surface area contributed by atoms with Crippen molar-refractivity contribution in [1.29, 1.82) is 0 Å². The molecule has 0 spiro atoms. The van der Waals surface area contributed by atoms with E-state index in [0.29, 0.717) is 11.3 Å². The Morgan fingerprint density at radius 3 is 2.50 bits per heavy atom. The highest BCUT2D eigenvalue weighted by molar-refractivity contribution is 5.94. The lowest BCUT2D eigenvalue weighted by atomic mass is 10.1. The van der Waals surface area contributed by atoms with Crippen molar-refractivity contribution in [2.45, 2.75) is 19.9 Å². The molecule has 1 aromatic carbocycles. The second-order valence-corrected chi connectivity index (χ2v) is 5.95. The van der Waals surface area contributed by atoms with Crippen LogP contribution in [0.25, 0.3) is 5.69 Å². The molecule has 3 rings (SSSR count). The number of nitro groups is 1. The lowest BCUT2D eigenvalue weighted by Crippen LogP contribution is -2.26. The molecule has 1 amide bonds. The van der Waals surface area contributed by atoms with Crippen LogP contribution in [0.2, 0.25) is 0 Å². The molecular formula is C17H18N6O3. The number of nitrogens with zero attached hydrogens (tertiary/aromatic N) is 5. The van der Waals surface area contributed by atoms with Gasteiger partial charge in [0.1, 0.15) is 0 Å². The monoisotopic (exact) mass is 354 g/mol. The summed E-state index contributed by atoms with van der Waals surface area (Å²) < 4.78 is 3.25. The molecule has 0 radical (unpaired) electrons. The summed E-state index contributed by atoms with van der Waals surface area (Å²) in [5, 5.41) is 22.0. The highest BCUT2D eigenvalue weighted by Crippen LogP contribution is 2.18. The van der Waals surface area contributed by atoms with Crippen LogP contribution >= 0.6 is 0 Å². The number of non-ortho nitro benzene ring substituents is 1. The largest absolute Gasteiger partial charge is 0.345 e. The normalized spacial score (nSPS) is 12.0. The Kier molecular flexibility index (Phi) is 4.53. The molecule has 1 atom stereocenters. The van der Waals surface area contributed by atoms with E-state index in [-0.39, 0.29) is 17.6 Å². The SMILES string of the molecule is Cc1c([C@@H](C)NC(=O)c2cnn(-c3ccc([N+](=O)[O-])cc3)c2)cnn1C. The van der Waals surface area contributed by atoms with Gasteiger partial charge in [0, 0.05) is 36.6 Å². The van der Waals surface area contributed by atoms with Gasteiger partial charge in [-0.2, -0.15) is 10.2 Å². The van der Waals surface area contributed by atoms with E-state index in [0.717, 1.165) is 11.3 Å². The summed E-state index contributed by atoms with van der Waals surface area (Å²) in [6.45, 7) is 3.83. The Labute approximate surface area is 149 Å². The fourth-order valence-electron chi connectivity index (χ4n) is 2.61. The maximum Gasteiger partial charge on any atom is 0.269 e. The number of amides is 1. The quantitative estimate of drug-likeness (QED) is 0.559. The van der Waals surface area contributed by atoms with Crippen molar-refractivity contribution in [3.8, 4) is 5.69 Å². The number of aryl methyl sites for hydroxylation is 1. The van der Waals surface area contributed by atoms with Gasteiger partial charge in [-0.15, -0.1) is 0 Å². The van der Waals surface area contributed by atoms with Crippen LogP contribution in [-0.2, 0) is 7.05 Å². The van der Waals surface area contributed by atoms with Crippen molar-refractivity contribution in [2.75, 3.05) is 0 Å². The lowest BCUT2D eigenvalue weighted by Gasteiger charge is -2.12. The molecule has 0 bridgehead atoms. The van der Waals surface area contributed by atoms with Gasteiger partial charge in [0.25, 0.3) is 11.6 Å². The number of benzene rings is 1. The second kappa shape index (κ2) is 6.79. The standard InChI is InChI=1S/C17H18N6O3/c1-11(16-9-18-21(3)12(16)2)20-17(24)13-8-19-22(10-13)14-4-6-15(7-5-14)23(25)26/h4-11H,1-3H3,(H,20,24)/t11-/m1/s1. The third-order valence-electron chi connectivity index (χ3n) is 4.26. The molecule has 0 aliphatic rings. The van der Waals surface area contributed by atoms with Crippen molar-refractivity contribution in [1.82, 2.24) is 24.9 Å². The van der Waals surface area contributed by atoms with Crippen LogP contribution in [0.4, 0.5) is 5.69 Å². The lowest BCUT2D eigenvalue weighted by molar-refractivity contribution is -0.384. The van der Waals surface area contributed by atoms with Gasteiger partial charge in [-0.1, -0.05) is 0 Å². The molecule has 2 heterocycles. The molecule has 0 unspecified atom stereocenters. The van der Waals surface area contributed by atoms with E-state index in [4.69, 9.17) is 0 Å². The Balaban J connectivity index is 1.73. The molecule has 0 aliphatic heterocycles. The first-order chi connectivity index (χ1) is 12.4. The van der Waals surface area contributed by atoms with E-state index in [1.807, 2.05) is 20.9 Å². The summed E-state index contributed by atoms with van der Waals surface area (Å²) >= 11 is 0. The summed E-state index contributed by atoms with van der Waals surface area (Å²) in [7, 11) is 1.85. The van der Waals surface area contributed by atoms with Crippen LogP contribution in [0.5, 0.6) is 0 Å². The highest BCUT2D eigenvalue weighted by atomic mass is 16.6. The van der Waals surface area contributed by atoms with Gasteiger partial charge in [-0.3, -0.25) is 19.6 Å². The zero-order valence-electron chi connectivity index (χ0n) is 14.6. The number of hydrogen-bond donors (Lipinski definition) is 1. The number of nitro benzene ring substituents is 1. The van der Waals surface area contributed by atoms with Crippen LogP contribution in [0.1, 0.15) is 34.6 Å². The zero-order chi connectivity index (χ0) is 18.8. The summed E-state index contributed by atoms with van der Waals surface area (Å²) in [6.07, 6.45) is 4.78. The van der Waals surface area contributed by atoms with Crippen LogP contribution in [0.3, 0.4) is 0 Å². The van der Waals surface area contributed by atoms with Gasteiger partial charge in [0.2, 0.25) is 0 Å². The molecule has 3 aromatic rings. The molecule has 1 N–H and O–H groups in total. The van der Waals surface area contributed by atoms with E-state index in [2.05, 4.69) is 15.5 Å². The fourth-order valence-corrected chi connectivity index (χ4v) is 2.61. The van der Waals surface area contributed by atoms with Crippen LogP contribution < -0.4 is 5.32 Å². The predicted molar refractivity (Wildman–Crippen MR) is 94.0 cm³/mol. The molecule has 0 aliphatic carbocycles. The Morgan fingerprint density at radius 2 is 1.92 bits per heavy atom. The van der Waals surface area contributed by atoms with Gasteiger partial charge in [-0.25, -0.2) is 4.68 Å². The Morgan fingerprint density at radius 1 is 1.23 bits per heavy atom. The minimum absolute atomic E-state index is 0.000428. The van der Waals surface area contributed by atoms with Crippen molar-refractivity contribution in [3.63, 3.8) is 0 Å². The molecule has 0 saturated heterocycles. The van der Waals surface area contributed by atoms with Crippen LogP contribution in [-0.4, -0.2) is 30.4 Å². The topological polar surface area (TPSA) is 108 Å². The van der Waals surface area contributed by atoms with E-state index in [1.54, 1.807) is 29.2 Å². The van der Waals surface area contributed by atoms with Crippen molar-refractivity contribution in [2.24, 2.45) is 7.05 Å². The van der Waals surface area contributed by atoms with Gasteiger partial charge >= 0.3 is 0 Å². The summed E-state index contributed by atoms with van der Waals surface area (Å²) in [5.74, 6) is -0.256. The zero-order valence-corrected chi connectivity index (χ0v) is 14.6. The summed E-state index contributed by atoms with van der Waals surface area (Å²) in [6, 6.07) is 5.75. The van der Waals surface area contributed by atoms with E-state index < -0.39 is 4.92 Å². The molecule has 0 saturated carbocycles. The highest BCUT2D eigenvalue weighted by Gasteiger charge is 2.17. The number of aromatic nitrogens is 4. The van der Waals surface area contributed by atoms with Gasteiger partial charge < -0.3 is 5.32 Å². The average molecular weight is 354 g/mol. The maximum absolute atomic E-state index is 12.5. The summed E-state index contributed by atoms with van der Waals surface area (Å²) in [5.41, 5.74) is 2.96. The summed E-state index contributed by atoms with van der Waals surface area (Å²) in [4.78, 5) is 22.7. The predicted octanol–water partition coefficient (Wildman–Crippen LogP) is 2.31. The van der Waals surface area contributed by atoms with Gasteiger partial charge in [0.05, 0.1) is 34.6 Å². The number of nitrogens with one attached hydrogen (secondary N) is 1. The molecule has 2 aromatic heterocycles. The van der Waals surface area contributed by atoms with E-state index in [9.17, 15) is 14.9 Å². The van der Waals surface area contributed by atoms with Gasteiger partial charge in [0.15, 0.2) is 0 Å². The molecular weight excluding hydrogens is 336 g/mol. The van der Waals surface area contributed by atoms with E-state index >= 15 is 0 Å². The first kappa shape index (κ1) is 17.3. The Bertz CT molecular complexity index is 957. The van der Waals surface area contributed by atoms with Crippen molar-refractivity contribution in [3.05, 3.63) is 69.8 Å².